The van der Waals surface area contributed by atoms with Crippen LogP contribution in [0.25, 0.3) is 0 Å². The highest BCUT2D eigenvalue weighted by molar-refractivity contribution is 7.99. The maximum absolute atomic E-state index is 2.37. The van der Waals surface area contributed by atoms with E-state index in [-0.39, 0.29) is 10.8 Å². The zero-order chi connectivity index (χ0) is 15.7. The van der Waals surface area contributed by atoms with Gasteiger partial charge in [-0.3, -0.25) is 0 Å². The molecule has 0 fully saturated rings. The summed E-state index contributed by atoms with van der Waals surface area (Å²) < 4.78 is 0. The lowest BCUT2D eigenvalue weighted by atomic mass is 9.75. The van der Waals surface area contributed by atoms with Gasteiger partial charge in [0.05, 0.1) is 0 Å². The minimum absolute atomic E-state index is 0.163. The zero-order valence-electron chi connectivity index (χ0n) is 14.0. The van der Waals surface area contributed by atoms with E-state index in [0.29, 0.717) is 0 Å². The van der Waals surface area contributed by atoms with Crippen molar-refractivity contribution >= 4 is 11.8 Å². The summed E-state index contributed by atoms with van der Waals surface area (Å²) in [5, 5.41) is 0. The van der Waals surface area contributed by atoms with Crippen LogP contribution < -0.4 is 0 Å². The van der Waals surface area contributed by atoms with E-state index in [0.717, 1.165) is 0 Å². The van der Waals surface area contributed by atoms with Crippen LogP contribution in [0.5, 0.6) is 0 Å². The van der Waals surface area contributed by atoms with Gasteiger partial charge in [-0.1, -0.05) is 77.6 Å². The Balaban J connectivity index is 2.43. The molecule has 0 heterocycles. The molecule has 0 saturated heterocycles. The number of hydrogen-bond acceptors (Lipinski definition) is 1. The molecule has 0 aliphatic carbocycles. The van der Waals surface area contributed by atoms with E-state index >= 15 is 0 Å². The SMILES string of the molecule is CC(C)(C)c1ccc(Sc2ccccc2)cc1C(C)(C)C. The van der Waals surface area contributed by atoms with Gasteiger partial charge >= 0.3 is 0 Å². The third-order valence-corrected chi connectivity index (χ3v) is 4.58. The Bertz CT molecular complexity index is 598. The first kappa shape index (κ1) is 16.2. The first-order valence-corrected chi connectivity index (χ1v) is 8.37. The summed E-state index contributed by atoms with van der Waals surface area (Å²) in [4.78, 5) is 2.61. The highest BCUT2D eigenvalue weighted by Crippen LogP contribution is 2.37. The smallest absolute Gasteiger partial charge is 0.0125 e. The third-order valence-electron chi connectivity index (χ3n) is 3.59. The Hall–Kier alpha value is -1.21. The molecule has 0 aliphatic heterocycles. The highest BCUT2D eigenvalue weighted by Gasteiger charge is 2.25. The van der Waals surface area contributed by atoms with E-state index in [2.05, 4.69) is 90.1 Å². The quantitative estimate of drug-likeness (QED) is 0.615. The number of benzene rings is 2. The molecule has 0 N–H and O–H groups in total. The fraction of sp³-hybridized carbons (Fsp3) is 0.400. The van der Waals surface area contributed by atoms with E-state index in [9.17, 15) is 0 Å². The molecule has 0 nitrogen and oxygen atoms in total. The van der Waals surface area contributed by atoms with E-state index in [1.165, 1.54) is 20.9 Å². The van der Waals surface area contributed by atoms with Crippen LogP contribution in [0.1, 0.15) is 52.7 Å². The molecular weight excluding hydrogens is 272 g/mol. The molecule has 0 aliphatic rings. The number of hydrogen-bond donors (Lipinski definition) is 0. The highest BCUT2D eigenvalue weighted by atomic mass is 32.2. The van der Waals surface area contributed by atoms with Crippen molar-refractivity contribution in [2.24, 2.45) is 0 Å². The Kier molecular flexibility index (Phi) is 4.53. The normalized spacial score (nSPS) is 12.5. The lowest BCUT2D eigenvalue weighted by molar-refractivity contribution is 0.529. The molecule has 0 unspecified atom stereocenters. The zero-order valence-corrected chi connectivity index (χ0v) is 14.8. The summed E-state index contributed by atoms with van der Waals surface area (Å²) in [7, 11) is 0. The maximum Gasteiger partial charge on any atom is 0.0125 e. The van der Waals surface area contributed by atoms with Crippen molar-refractivity contribution in [2.75, 3.05) is 0 Å². The molecule has 0 aromatic heterocycles. The largest absolute Gasteiger partial charge is 0.0901 e. The van der Waals surface area contributed by atoms with Crippen molar-refractivity contribution < 1.29 is 0 Å². The van der Waals surface area contributed by atoms with Crippen LogP contribution in [0.15, 0.2) is 58.3 Å². The lowest BCUT2D eigenvalue weighted by Gasteiger charge is -2.30. The standard InChI is InChI=1S/C20H26S/c1-19(2,3)17-13-12-16(14-18(17)20(4,5)6)21-15-10-8-7-9-11-15/h7-14H,1-6H3. The van der Waals surface area contributed by atoms with Gasteiger partial charge in [-0.15, -0.1) is 0 Å². The second-order valence-electron chi connectivity index (χ2n) is 7.62. The van der Waals surface area contributed by atoms with Crippen molar-refractivity contribution in [2.45, 2.75) is 62.2 Å². The average molecular weight is 298 g/mol. The first-order chi connectivity index (χ1) is 9.68. The molecule has 21 heavy (non-hydrogen) atoms. The molecule has 0 atom stereocenters. The first-order valence-electron chi connectivity index (χ1n) is 7.56. The Labute approximate surface area is 134 Å². The van der Waals surface area contributed by atoms with Crippen molar-refractivity contribution in [3.05, 3.63) is 59.7 Å². The minimum atomic E-state index is 0.163. The summed E-state index contributed by atoms with van der Waals surface area (Å²) in [5.74, 6) is 0. The van der Waals surface area contributed by atoms with Crippen molar-refractivity contribution in [1.29, 1.82) is 0 Å². The van der Waals surface area contributed by atoms with E-state index in [1.54, 1.807) is 0 Å². The van der Waals surface area contributed by atoms with Gasteiger partial charge in [-0.25, -0.2) is 0 Å². The Morgan fingerprint density at radius 3 is 1.71 bits per heavy atom. The van der Waals surface area contributed by atoms with Crippen molar-refractivity contribution in [3.63, 3.8) is 0 Å². The van der Waals surface area contributed by atoms with Gasteiger partial charge < -0.3 is 0 Å². The van der Waals surface area contributed by atoms with Gasteiger partial charge in [0.25, 0.3) is 0 Å². The van der Waals surface area contributed by atoms with E-state index < -0.39 is 0 Å². The third kappa shape index (κ3) is 4.14. The van der Waals surface area contributed by atoms with Crippen molar-refractivity contribution in [1.82, 2.24) is 0 Å². The fourth-order valence-electron chi connectivity index (χ4n) is 2.49. The van der Waals surface area contributed by atoms with Crippen LogP contribution in [0, 0.1) is 0 Å². The predicted molar refractivity (Wildman–Crippen MR) is 94.4 cm³/mol. The van der Waals surface area contributed by atoms with Crippen molar-refractivity contribution in [3.8, 4) is 0 Å². The van der Waals surface area contributed by atoms with Gasteiger partial charge in [-0.2, -0.15) is 0 Å². The molecule has 0 spiro atoms. The van der Waals surface area contributed by atoms with Crippen LogP contribution in [-0.2, 0) is 10.8 Å². The van der Waals surface area contributed by atoms with Gasteiger partial charge in [0.2, 0.25) is 0 Å². The van der Waals surface area contributed by atoms with Gasteiger partial charge in [0, 0.05) is 9.79 Å². The number of rotatable bonds is 2. The lowest BCUT2D eigenvalue weighted by Crippen LogP contribution is -2.21. The maximum atomic E-state index is 2.37. The van der Waals surface area contributed by atoms with E-state index in [1.807, 2.05) is 11.8 Å². The molecule has 0 saturated carbocycles. The Morgan fingerprint density at radius 2 is 1.19 bits per heavy atom. The summed E-state index contributed by atoms with van der Waals surface area (Å²) >= 11 is 1.84. The molecule has 0 bridgehead atoms. The van der Waals surface area contributed by atoms with Gasteiger partial charge in [0.15, 0.2) is 0 Å². The molecular formula is C20H26S. The Morgan fingerprint density at radius 1 is 0.619 bits per heavy atom. The molecule has 0 amide bonds. The molecule has 2 rings (SSSR count). The van der Waals surface area contributed by atoms with Crippen LogP contribution in [0.4, 0.5) is 0 Å². The summed E-state index contributed by atoms with van der Waals surface area (Å²) in [5.41, 5.74) is 3.25. The minimum Gasteiger partial charge on any atom is -0.0901 e. The monoisotopic (exact) mass is 298 g/mol. The van der Waals surface area contributed by atoms with E-state index in [4.69, 9.17) is 0 Å². The van der Waals surface area contributed by atoms with Gasteiger partial charge in [-0.05, 0) is 46.2 Å². The molecule has 112 valence electrons. The predicted octanol–water partition coefficient (Wildman–Crippen LogP) is 6.43. The second kappa shape index (κ2) is 5.88. The molecule has 2 aromatic rings. The fourth-order valence-corrected chi connectivity index (χ4v) is 3.36. The average Bonchev–Trinajstić information content (AvgIpc) is 2.37. The second-order valence-corrected chi connectivity index (χ2v) is 8.77. The van der Waals surface area contributed by atoms with Crippen LogP contribution in [0.3, 0.4) is 0 Å². The summed E-state index contributed by atoms with van der Waals surface area (Å²) in [6.07, 6.45) is 0. The van der Waals surface area contributed by atoms with Crippen LogP contribution >= 0.6 is 11.8 Å². The van der Waals surface area contributed by atoms with Crippen LogP contribution in [0.2, 0.25) is 0 Å². The molecule has 2 aromatic carbocycles. The topological polar surface area (TPSA) is 0 Å². The summed E-state index contributed by atoms with van der Waals surface area (Å²) in [6.45, 7) is 13.8. The molecule has 1 heteroatoms. The molecule has 0 radical (unpaired) electrons. The summed E-state index contributed by atoms with van der Waals surface area (Å²) in [6, 6.07) is 17.5. The van der Waals surface area contributed by atoms with Gasteiger partial charge in [0.1, 0.15) is 0 Å². The van der Waals surface area contributed by atoms with Crippen LogP contribution in [-0.4, -0.2) is 0 Å².